The van der Waals surface area contributed by atoms with Crippen LogP contribution in [0.2, 0.25) is 0 Å². The number of nitrogens with zero attached hydrogens (tertiary/aromatic N) is 4. The third-order valence-corrected chi connectivity index (χ3v) is 5.23. The summed E-state index contributed by atoms with van der Waals surface area (Å²) in [4.78, 5) is 18.3. The van der Waals surface area contributed by atoms with Gasteiger partial charge in [0.2, 0.25) is 0 Å². The molecular weight excluding hydrogens is 378 g/mol. The van der Waals surface area contributed by atoms with Gasteiger partial charge in [0, 0.05) is 30.9 Å². The van der Waals surface area contributed by atoms with E-state index in [1.54, 1.807) is 6.21 Å². The highest BCUT2D eigenvalue weighted by Crippen LogP contribution is 2.32. The average Bonchev–Trinajstić information content (AvgIpc) is 3.00. The molecule has 2 aromatic rings. The minimum atomic E-state index is -0.663. The first-order valence-corrected chi connectivity index (χ1v) is 9.91. The topological polar surface area (TPSA) is 107 Å². The molecule has 1 aliphatic heterocycles. The number of rotatable bonds is 6. The molecule has 4 N–H and O–H groups in total. The Morgan fingerprint density at radius 1 is 1.20 bits per heavy atom. The zero-order valence-electron chi connectivity index (χ0n) is 17.8. The van der Waals surface area contributed by atoms with Crippen LogP contribution in [-0.2, 0) is 0 Å². The molecular formula is C22H28N7O+. The number of quaternary nitrogens is 1. The standard InChI is InChI=1S/C22H27N7O/c1-5-28(6-2)16-9-12-18(19(13-16)27-22(24)30)26-20-14-25-29(4,21(20)23)17-10-7-15(3)8-11-17/h7-14H,5-6H2,1-4H3,(H3-,23,24,25,27,30)/p+1. The Kier molecular flexibility index (Phi) is 5.98. The summed E-state index contributed by atoms with van der Waals surface area (Å²) in [5, 5.41) is 15.9. The summed E-state index contributed by atoms with van der Waals surface area (Å²) >= 11 is 0. The molecule has 0 saturated carbocycles. The Morgan fingerprint density at radius 3 is 2.47 bits per heavy atom. The van der Waals surface area contributed by atoms with Gasteiger partial charge >= 0.3 is 6.03 Å². The Labute approximate surface area is 176 Å². The van der Waals surface area contributed by atoms with E-state index >= 15 is 0 Å². The second kappa shape index (κ2) is 8.46. The van der Waals surface area contributed by atoms with Crippen LogP contribution in [0.4, 0.5) is 27.5 Å². The number of carbonyl (C=O) groups is 1. The highest BCUT2D eigenvalue weighted by molar-refractivity contribution is 6.65. The number of carbonyl (C=O) groups excluding carboxylic acids is 1. The molecule has 2 aromatic carbocycles. The molecule has 0 aliphatic carbocycles. The minimum absolute atomic E-state index is 0.0186. The Hall–Kier alpha value is -3.52. The molecule has 8 nitrogen and oxygen atoms in total. The van der Waals surface area contributed by atoms with Crippen molar-refractivity contribution in [2.24, 2.45) is 15.8 Å². The maximum absolute atomic E-state index is 11.5. The van der Waals surface area contributed by atoms with Crippen LogP contribution >= 0.6 is 0 Å². The molecule has 0 spiro atoms. The van der Waals surface area contributed by atoms with Crippen LogP contribution in [0.15, 0.2) is 52.6 Å². The highest BCUT2D eigenvalue weighted by atomic mass is 16.2. The van der Waals surface area contributed by atoms with Gasteiger partial charge in [0.15, 0.2) is 11.4 Å². The van der Waals surface area contributed by atoms with Gasteiger partial charge in [-0.15, -0.1) is 4.59 Å². The number of amidine groups is 1. The predicted octanol–water partition coefficient (Wildman–Crippen LogP) is 4.02. The molecule has 0 fully saturated rings. The van der Waals surface area contributed by atoms with Gasteiger partial charge in [0.1, 0.15) is 13.3 Å². The van der Waals surface area contributed by atoms with Crippen molar-refractivity contribution in [3.05, 3.63) is 48.0 Å². The number of aliphatic imine (C=N–C) groups is 1. The van der Waals surface area contributed by atoms with E-state index in [0.717, 1.165) is 30.0 Å². The number of primary amides is 1. The van der Waals surface area contributed by atoms with E-state index in [4.69, 9.17) is 11.1 Å². The fourth-order valence-electron chi connectivity index (χ4n) is 3.39. The van der Waals surface area contributed by atoms with Crippen LogP contribution in [0, 0.1) is 12.3 Å². The second-order valence-corrected chi connectivity index (χ2v) is 7.25. The van der Waals surface area contributed by atoms with Crippen molar-refractivity contribution in [2.75, 3.05) is 30.4 Å². The molecule has 0 aromatic heterocycles. The molecule has 0 radical (unpaired) electrons. The van der Waals surface area contributed by atoms with Gasteiger partial charge in [-0.05, 0) is 39.0 Å². The predicted molar refractivity (Wildman–Crippen MR) is 125 cm³/mol. The van der Waals surface area contributed by atoms with Crippen molar-refractivity contribution in [2.45, 2.75) is 20.8 Å². The van der Waals surface area contributed by atoms with E-state index in [-0.39, 0.29) is 10.4 Å². The molecule has 2 amide bonds. The van der Waals surface area contributed by atoms with Crippen molar-refractivity contribution in [1.82, 2.24) is 4.59 Å². The SMILES string of the molecule is CCN(CC)c1ccc(N=C2C=N[N+](C)(c3ccc(C)cc3)C2=N)c(NC(N)=O)c1. The van der Waals surface area contributed by atoms with E-state index in [0.29, 0.717) is 17.1 Å². The lowest BCUT2D eigenvalue weighted by Crippen LogP contribution is -2.44. The molecule has 1 atom stereocenters. The lowest BCUT2D eigenvalue weighted by atomic mass is 10.2. The number of aryl methyl sites for hydroxylation is 1. The van der Waals surface area contributed by atoms with Gasteiger partial charge in [-0.3, -0.25) is 0 Å². The number of hydrogen-bond acceptors (Lipinski definition) is 5. The number of nitrogens with two attached hydrogens (primary N) is 1. The molecule has 156 valence electrons. The van der Waals surface area contributed by atoms with Crippen LogP contribution in [0.3, 0.4) is 0 Å². The number of anilines is 2. The number of benzene rings is 2. The van der Waals surface area contributed by atoms with Gasteiger partial charge in [0.05, 0.1) is 11.4 Å². The Balaban J connectivity index is 1.98. The quantitative estimate of drug-likeness (QED) is 0.630. The first kappa shape index (κ1) is 21.2. The van der Waals surface area contributed by atoms with Gasteiger partial charge < -0.3 is 16.0 Å². The van der Waals surface area contributed by atoms with E-state index in [9.17, 15) is 4.79 Å². The second-order valence-electron chi connectivity index (χ2n) is 7.25. The summed E-state index contributed by atoms with van der Waals surface area (Å²) in [6.45, 7) is 7.83. The van der Waals surface area contributed by atoms with Gasteiger partial charge in [0.25, 0.3) is 5.84 Å². The summed E-state index contributed by atoms with van der Waals surface area (Å²) in [6, 6.07) is 12.9. The fraction of sp³-hybridized carbons (Fsp3) is 0.273. The van der Waals surface area contributed by atoms with Gasteiger partial charge in [-0.25, -0.2) is 15.2 Å². The van der Waals surface area contributed by atoms with E-state index < -0.39 is 6.03 Å². The normalized spacial score (nSPS) is 19.3. The smallest absolute Gasteiger partial charge is 0.316 e. The zero-order chi connectivity index (χ0) is 21.9. The number of nitrogens with one attached hydrogen (secondary N) is 2. The van der Waals surface area contributed by atoms with Crippen molar-refractivity contribution in [1.29, 1.82) is 5.41 Å². The van der Waals surface area contributed by atoms with Crippen LogP contribution in [0.1, 0.15) is 19.4 Å². The highest BCUT2D eigenvalue weighted by Gasteiger charge is 2.40. The first-order valence-electron chi connectivity index (χ1n) is 9.91. The summed E-state index contributed by atoms with van der Waals surface area (Å²) in [5.74, 6) is 0.247. The van der Waals surface area contributed by atoms with E-state index in [2.05, 4.69) is 34.2 Å². The maximum Gasteiger partial charge on any atom is 0.316 e. The third-order valence-electron chi connectivity index (χ3n) is 5.23. The van der Waals surface area contributed by atoms with E-state index in [1.165, 1.54) is 0 Å². The number of urea groups is 1. The van der Waals surface area contributed by atoms with Crippen LogP contribution < -0.4 is 20.5 Å². The maximum atomic E-state index is 11.5. The molecule has 30 heavy (non-hydrogen) atoms. The van der Waals surface area contributed by atoms with Crippen molar-refractivity contribution >= 4 is 46.5 Å². The number of hydrogen-bond donors (Lipinski definition) is 3. The molecule has 8 heteroatoms. The molecule has 1 aliphatic rings. The fourth-order valence-corrected chi connectivity index (χ4v) is 3.39. The van der Waals surface area contributed by atoms with Gasteiger partial charge in [-0.2, -0.15) is 0 Å². The lowest BCUT2D eigenvalue weighted by Gasteiger charge is -2.22. The molecule has 1 heterocycles. The molecule has 3 rings (SSSR count). The van der Waals surface area contributed by atoms with Crippen molar-refractivity contribution in [3.8, 4) is 0 Å². The largest absolute Gasteiger partial charge is 0.372 e. The average molecular weight is 407 g/mol. The van der Waals surface area contributed by atoms with Gasteiger partial charge in [-0.1, -0.05) is 22.8 Å². The summed E-state index contributed by atoms with van der Waals surface area (Å²) in [6.07, 6.45) is 1.59. The lowest BCUT2D eigenvalue weighted by molar-refractivity contribution is 0.259. The third kappa shape index (κ3) is 4.08. The van der Waals surface area contributed by atoms with Crippen LogP contribution in [-0.4, -0.2) is 43.9 Å². The summed E-state index contributed by atoms with van der Waals surface area (Å²) in [7, 11) is 1.85. The molecule has 1 unspecified atom stereocenters. The molecule has 0 bridgehead atoms. The zero-order valence-corrected chi connectivity index (χ0v) is 17.8. The summed E-state index contributed by atoms with van der Waals surface area (Å²) < 4.78 is -0.0186. The minimum Gasteiger partial charge on any atom is -0.372 e. The van der Waals surface area contributed by atoms with Crippen LogP contribution in [0.25, 0.3) is 0 Å². The van der Waals surface area contributed by atoms with Crippen molar-refractivity contribution < 1.29 is 4.79 Å². The Bertz CT molecular complexity index is 1020. The number of amides is 2. The Morgan fingerprint density at radius 2 is 1.87 bits per heavy atom. The molecule has 0 saturated heterocycles. The first-order chi connectivity index (χ1) is 14.3. The van der Waals surface area contributed by atoms with Crippen LogP contribution in [0.5, 0.6) is 0 Å². The summed E-state index contributed by atoms with van der Waals surface area (Å²) in [5.41, 5.74) is 9.80. The monoisotopic (exact) mass is 406 g/mol. The van der Waals surface area contributed by atoms with E-state index in [1.807, 2.05) is 56.4 Å². The van der Waals surface area contributed by atoms with Crippen molar-refractivity contribution in [3.63, 3.8) is 0 Å².